The van der Waals surface area contributed by atoms with Crippen molar-refractivity contribution in [3.63, 3.8) is 0 Å². The maximum atomic E-state index is 9.48. The quantitative estimate of drug-likeness (QED) is 0.599. The number of aliphatic hydroxyl groups excluding tert-OH is 1. The van der Waals surface area contributed by atoms with Crippen molar-refractivity contribution in [3.05, 3.63) is 15.6 Å². The lowest BCUT2D eigenvalue weighted by molar-refractivity contribution is 0.168. The van der Waals surface area contributed by atoms with Gasteiger partial charge in [0.05, 0.1) is 15.6 Å². The number of β-amino-alcohol motifs (C(OH)–C–C–N with tert-alkyl or cyclic N) is 1. The van der Waals surface area contributed by atoms with Crippen LogP contribution >= 0.6 is 11.3 Å². The van der Waals surface area contributed by atoms with Gasteiger partial charge in [0.2, 0.25) is 0 Å². The number of rotatable bonds is 0. The van der Waals surface area contributed by atoms with Crippen LogP contribution in [0.1, 0.15) is 21.7 Å². The van der Waals surface area contributed by atoms with Gasteiger partial charge in [0.25, 0.3) is 0 Å². The molecule has 1 aromatic rings. The van der Waals surface area contributed by atoms with Crippen molar-refractivity contribution >= 4 is 11.3 Å². The van der Waals surface area contributed by atoms with Crippen LogP contribution < -0.4 is 5.32 Å². The van der Waals surface area contributed by atoms with E-state index in [0.29, 0.717) is 6.54 Å². The van der Waals surface area contributed by atoms with Gasteiger partial charge in [-0.2, -0.15) is 0 Å². The molecule has 0 saturated heterocycles. The van der Waals surface area contributed by atoms with E-state index in [1.165, 1.54) is 0 Å². The van der Waals surface area contributed by atoms with Crippen molar-refractivity contribution in [1.29, 1.82) is 0 Å². The fourth-order valence-electron chi connectivity index (χ4n) is 1.29. The van der Waals surface area contributed by atoms with Crippen LogP contribution in [0.3, 0.4) is 0 Å². The molecule has 1 aromatic heterocycles. The molecule has 0 aliphatic carbocycles. The molecule has 3 nitrogen and oxygen atoms in total. The average Bonchev–Trinajstić information content (AvgIpc) is 2.31. The molecule has 4 heteroatoms. The van der Waals surface area contributed by atoms with Crippen molar-refractivity contribution < 1.29 is 5.11 Å². The molecule has 0 fully saturated rings. The molecule has 2 rings (SSSR count). The summed E-state index contributed by atoms with van der Waals surface area (Å²) in [6, 6.07) is 0. The number of aromatic nitrogens is 1. The Balaban J connectivity index is 2.43. The Kier molecular flexibility index (Phi) is 1.67. The number of hydrogen-bond acceptors (Lipinski definition) is 4. The molecule has 0 aromatic carbocycles. The minimum absolute atomic E-state index is 0.343. The zero-order valence-corrected chi connectivity index (χ0v) is 7.11. The number of hydrogen-bond donors (Lipinski definition) is 2. The number of nitrogens with one attached hydrogen (secondary N) is 1. The minimum Gasteiger partial charge on any atom is -0.386 e. The number of thiazole rings is 1. The Morgan fingerprint density at radius 1 is 1.73 bits per heavy atom. The SMILES string of the molecule is Cc1nc2c(s1)C(O)CNC2. The van der Waals surface area contributed by atoms with Crippen molar-refractivity contribution in [1.82, 2.24) is 10.3 Å². The first-order valence-electron chi connectivity index (χ1n) is 3.62. The topological polar surface area (TPSA) is 45.2 Å². The molecule has 0 bridgehead atoms. The number of aliphatic hydroxyl groups is 1. The van der Waals surface area contributed by atoms with Crippen LogP contribution in [0.25, 0.3) is 0 Å². The Hall–Kier alpha value is -0.450. The predicted octanol–water partition coefficient (Wildman–Crippen LogP) is 0.588. The number of nitrogens with zero attached hydrogens (tertiary/aromatic N) is 1. The van der Waals surface area contributed by atoms with Crippen molar-refractivity contribution in [2.45, 2.75) is 19.6 Å². The lowest BCUT2D eigenvalue weighted by Crippen LogP contribution is -2.26. The standard InChI is InChI=1S/C7H10N2OS/c1-4-9-5-2-8-3-6(10)7(5)11-4/h6,8,10H,2-3H2,1H3. The number of aryl methyl sites for hydroxylation is 1. The molecule has 1 aliphatic rings. The van der Waals surface area contributed by atoms with Crippen molar-refractivity contribution in [2.24, 2.45) is 0 Å². The summed E-state index contributed by atoms with van der Waals surface area (Å²) in [5, 5.41) is 13.6. The molecule has 1 atom stereocenters. The second-order valence-corrected chi connectivity index (χ2v) is 3.93. The van der Waals surface area contributed by atoms with Crippen LogP contribution in [0.15, 0.2) is 0 Å². The van der Waals surface area contributed by atoms with Gasteiger partial charge in [0.15, 0.2) is 0 Å². The third-order valence-electron chi connectivity index (χ3n) is 1.77. The van der Waals surface area contributed by atoms with Crippen molar-refractivity contribution in [2.75, 3.05) is 6.54 Å². The summed E-state index contributed by atoms with van der Waals surface area (Å²) in [7, 11) is 0. The summed E-state index contributed by atoms with van der Waals surface area (Å²) >= 11 is 1.60. The molecule has 1 unspecified atom stereocenters. The van der Waals surface area contributed by atoms with Crippen molar-refractivity contribution in [3.8, 4) is 0 Å². The lowest BCUT2D eigenvalue weighted by atomic mass is 10.2. The molecule has 60 valence electrons. The maximum absolute atomic E-state index is 9.48. The Morgan fingerprint density at radius 3 is 3.27 bits per heavy atom. The second-order valence-electron chi connectivity index (χ2n) is 2.69. The van der Waals surface area contributed by atoms with Crippen LogP contribution in [-0.2, 0) is 6.54 Å². The van der Waals surface area contributed by atoms with Gasteiger partial charge in [-0.05, 0) is 6.92 Å². The molecule has 0 spiro atoms. The van der Waals surface area contributed by atoms with Crippen LogP contribution in [-0.4, -0.2) is 16.6 Å². The van der Waals surface area contributed by atoms with E-state index in [1.54, 1.807) is 11.3 Å². The van der Waals surface area contributed by atoms with Crippen LogP contribution in [0, 0.1) is 6.92 Å². The monoisotopic (exact) mass is 170 g/mol. The molecule has 0 radical (unpaired) electrons. The predicted molar refractivity (Wildman–Crippen MR) is 43.5 cm³/mol. The molecule has 2 N–H and O–H groups in total. The van der Waals surface area contributed by atoms with E-state index >= 15 is 0 Å². The van der Waals surface area contributed by atoms with Crippen LogP contribution in [0.4, 0.5) is 0 Å². The van der Waals surface area contributed by atoms with Gasteiger partial charge in [-0.25, -0.2) is 4.98 Å². The Morgan fingerprint density at radius 2 is 2.55 bits per heavy atom. The van der Waals surface area contributed by atoms with Crippen LogP contribution in [0.5, 0.6) is 0 Å². The van der Waals surface area contributed by atoms with E-state index in [1.807, 2.05) is 6.92 Å². The van der Waals surface area contributed by atoms with E-state index in [9.17, 15) is 5.11 Å². The molecular weight excluding hydrogens is 160 g/mol. The minimum atomic E-state index is -0.343. The molecule has 1 aliphatic heterocycles. The van der Waals surface area contributed by atoms with E-state index in [2.05, 4.69) is 10.3 Å². The summed E-state index contributed by atoms with van der Waals surface area (Å²) in [5.41, 5.74) is 1.02. The third-order valence-corrected chi connectivity index (χ3v) is 2.88. The first kappa shape index (κ1) is 7.21. The fraction of sp³-hybridized carbons (Fsp3) is 0.571. The van der Waals surface area contributed by atoms with E-state index in [4.69, 9.17) is 0 Å². The van der Waals surface area contributed by atoms with E-state index in [0.717, 1.165) is 22.1 Å². The third kappa shape index (κ3) is 1.17. The smallest absolute Gasteiger partial charge is 0.102 e. The highest BCUT2D eigenvalue weighted by molar-refractivity contribution is 7.11. The molecule has 0 amide bonds. The fourth-order valence-corrected chi connectivity index (χ4v) is 2.22. The van der Waals surface area contributed by atoms with Gasteiger partial charge in [-0.3, -0.25) is 0 Å². The van der Waals surface area contributed by atoms with Crippen LogP contribution in [0.2, 0.25) is 0 Å². The zero-order valence-electron chi connectivity index (χ0n) is 6.29. The summed E-state index contributed by atoms with van der Waals surface area (Å²) in [5.74, 6) is 0. The highest BCUT2D eigenvalue weighted by Gasteiger charge is 2.20. The first-order chi connectivity index (χ1) is 5.27. The second kappa shape index (κ2) is 2.55. The molecule has 11 heavy (non-hydrogen) atoms. The summed E-state index contributed by atoms with van der Waals surface area (Å²) in [4.78, 5) is 5.34. The lowest BCUT2D eigenvalue weighted by Gasteiger charge is -2.16. The Bertz CT molecular complexity index is 271. The average molecular weight is 170 g/mol. The van der Waals surface area contributed by atoms with Gasteiger partial charge in [-0.1, -0.05) is 0 Å². The first-order valence-corrected chi connectivity index (χ1v) is 4.44. The normalized spacial score (nSPS) is 23.3. The summed E-state index contributed by atoms with van der Waals surface area (Å²) in [6.45, 7) is 3.43. The van der Waals surface area contributed by atoms with Gasteiger partial charge in [0, 0.05) is 13.1 Å². The summed E-state index contributed by atoms with van der Waals surface area (Å²) in [6.07, 6.45) is -0.343. The van der Waals surface area contributed by atoms with E-state index < -0.39 is 0 Å². The van der Waals surface area contributed by atoms with E-state index in [-0.39, 0.29) is 6.10 Å². The van der Waals surface area contributed by atoms with Gasteiger partial charge in [-0.15, -0.1) is 11.3 Å². The molecular formula is C7H10N2OS. The van der Waals surface area contributed by atoms with Gasteiger partial charge < -0.3 is 10.4 Å². The van der Waals surface area contributed by atoms with Gasteiger partial charge in [0.1, 0.15) is 6.10 Å². The largest absolute Gasteiger partial charge is 0.386 e. The van der Waals surface area contributed by atoms with Gasteiger partial charge >= 0.3 is 0 Å². The Labute approximate surface area is 69.1 Å². The summed E-state index contributed by atoms with van der Waals surface area (Å²) < 4.78 is 0. The number of fused-ring (bicyclic) bond motifs is 1. The highest BCUT2D eigenvalue weighted by atomic mass is 32.1. The maximum Gasteiger partial charge on any atom is 0.102 e. The highest BCUT2D eigenvalue weighted by Crippen LogP contribution is 2.27. The molecule has 0 saturated carbocycles. The zero-order chi connectivity index (χ0) is 7.84. The molecule has 2 heterocycles.